The van der Waals surface area contributed by atoms with Crippen molar-refractivity contribution in [1.29, 1.82) is 0 Å². The van der Waals surface area contributed by atoms with Crippen molar-refractivity contribution in [1.82, 2.24) is 0 Å². The fourth-order valence-corrected chi connectivity index (χ4v) is 1.12. The fraction of sp³-hybridized carbons (Fsp3) is 0.182. The molecule has 0 unspecified atom stereocenters. The third-order valence-corrected chi connectivity index (χ3v) is 1.79. The van der Waals surface area contributed by atoms with Crippen LogP contribution in [0.4, 0.5) is 0 Å². The first-order chi connectivity index (χ1) is 6.66. The lowest BCUT2D eigenvalue weighted by molar-refractivity contribution is 0.0545. The maximum atomic E-state index is 11.4. The van der Waals surface area contributed by atoms with Crippen molar-refractivity contribution in [3.63, 3.8) is 0 Å². The lowest BCUT2D eigenvalue weighted by Crippen LogP contribution is -2.07. The van der Waals surface area contributed by atoms with Gasteiger partial charge < -0.3 is 9.84 Å². The molecule has 14 heavy (non-hydrogen) atoms. The Balaban J connectivity index is 2.94. The third kappa shape index (κ3) is 2.13. The summed E-state index contributed by atoms with van der Waals surface area (Å²) < 4.78 is 4.82. The van der Waals surface area contributed by atoms with Gasteiger partial charge in [-0.15, -0.1) is 0 Å². The van der Waals surface area contributed by atoms with Gasteiger partial charge in [-0.3, -0.25) is 0 Å². The van der Waals surface area contributed by atoms with Crippen LogP contribution in [0, 0.1) is 6.92 Å². The van der Waals surface area contributed by atoms with Crippen LogP contribution in [0.3, 0.4) is 0 Å². The molecule has 0 heterocycles. The largest absolute Gasteiger partial charge is 0.507 e. The van der Waals surface area contributed by atoms with E-state index in [1.54, 1.807) is 19.1 Å². The molecule has 3 heteroatoms. The Labute approximate surface area is 82.6 Å². The van der Waals surface area contributed by atoms with Crippen molar-refractivity contribution in [2.75, 3.05) is 6.61 Å². The average molecular weight is 192 g/mol. The number of hydrogen-bond donors (Lipinski definition) is 1. The van der Waals surface area contributed by atoms with Gasteiger partial charge in [0.1, 0.15) is 17.9 Å². The van der Waals surface area contributed by atoms with Crippen LogP contribution in [0.25, 0.3) is 0 Å². The summed E-state index contributed by atoms with van der Waals surface area (Å²) in [5.41, 5.74) is 0.911. The molecule has 1 N–H and O–H groups in total. The van der Waals surface area contributed by atoms with Gasteiger partial charge in [-0.05, 0) is 18.6 Å². The topological polar surface area (TPSA) is 46.5 Å². The molecule has 0 aliphatic heterocycles. The second kappa shape index (κ2) is 4.46. The summed E-state index contributed by atoms with van der Waals surface area (Å²) >= 11 is 0. The maximum absolute atomic E-state index is 11.4. The van der Waals surface area contributed by atoms with E-state index in [1.165, 1.54) is 12.1 Å². The first-order valence-corrected chi connectivity index (χ1v) is 4.23. The molecule has 0 aliphatic rings. The Kier molecular flexibility index (Phi) is 3.29. The Morgan fingerprint density at radius 3 is 2.93 bits per heavy atom. The summed E-state index contributed by atoms with van der Waals surface area (Å²) in [6.07, 6.45) is 1.48. The SMILES string of the molecule is C=CCOC(=O)c1c(C)cccc1O. The molecule has 0 amide bonds. The number of carbonyl (C=O) groups is 1. The number of phenolic OH excluding ortho intramolecular Hbond substituents is 1. The van der Waals surface area contributed by atoms with Crippen molar-refractivity contribution in [3.8, 4) is 5.75 Å². The van der Waals surface area contributed by atoms with Gasteiger partial charge in [-0.25, -0.2) is 4.79 Å². The highest BCUT2D eigenvalue weighted by Gasteiger charge is 2.14. The molecule has 0 saturated heterocycles. The van der Waals surface area contributed by atoms with Gasteiger partial charge >= 0.3 is 5.97 Å². The molecular weight excluding hydrogens is 180 g/mol. The fourth-order valence-electron chi connectivity index (χ4n) is 1.12. The normalized spacial score (nSPS) is 9.50. The van der Waals surface area contributed by atoms with Crippen LogP contribution in [0.5, 0.6) is 5.75 Å². The van der Waals surface area contributed by atoms with E-state index in [-0.39, 0.29) is 17.9 Å². The molecule has 1 aromatic carbocycles. The van der Waals surface area contributed by atoms with E-state index in [9.17, 15) is 9.90 Å². The van der Waals surface area contributed by atoms with Gasteiger partial charge in [-0.1, -0.05) is 24.8 Å². The van der Waals surface area contributed by atoms with E-state index >= 15 is 0 Å². The number of hydrogen-bond acceptors (Lipinski definition) is 3. The number of ether oxygens (including phenoxy) is 1. The van der Waals surface area contributed by atoms with Crippen molar-refractivity contribution >= 4 is 5.97 Å². The van der Waals surface area contributed by atoms with Gasteiger partial charge in [0.25, 0.3) is 0 Å². The summed E-state index contributed by atoms with van der Waals surface area (Å²) in [5.74, 6) is -0.584. The van der Waals surface area contributed by atoms with E-state index < -0.39 is 5.97 Å². The highest BCUT2D eigenvalue weighted by molar-refractivity contribution is 5.94. The summed E-state index contributed by atoms with van der Waals surface area (Å²) in [6.45, 7) is 5.32. The van der Waals surface area contributed by atoms with Crippen molar-refractivity contribution < 1.29 is 14.6 Å². The molecule has 0 spiro atoms. The third-order valence-electron chi connectivity index (χ3n) is 1.79. The quantitative estimate of drug-likeness (QED) is 0.588. The van der Waals surface area contributed by atoms with Crippen molar-refractivity contribution in [2.45, 2.75) is 6.92 Å². The second-order valence-electron chi connectivity index (χ2n) is 2.86. The number of esters is 1. The van der Waals surface area contributed by atoms with Crippen LogP contribution >= 0.6 is 0 Å². The maximum Gasteiger partial charge on any atom is 0.342 e. The molecule has 1 aromatic rings. The number of aryl methyl sites for hydroxylation is 1. The average Bonchev–Trinajstić information content (AvgIpc) is 2.14. The number of rotatable bonds is 3. The van der Waals surface area contributed by atoms with Crippen LogP contribution in [0.15, 0.2) is 30.9 Å². The Hall–Kier alpha value is -1.77. The number of benzene rings is 1. The van der Waals surface area contributed by atoms with E-state index in [1.807, 2.05) is 0 Å². The van der Waals surface area contributed by atoms with E-state index in [0.717, 1.165) is 0 Å². The summed E-state index contributed by atoms with van der Waals surface area (Å²) in [7, 11) is 0. The van der Waals surface area contributed by atoms with E-state index in [4.69, 9.17) is 4.74 Å². The molecule has 0 atom stereocenters. The lowest BCUT2D eigenvalue weighted by atomic mass is 10.1. The lowest BCUT2D eigenvalue weighted by Gasteiger charge is -2.06. The van der Waals surface area contributed by atoms with Crippen LogP contribution in [0.1, 0.15) is 15.9 Å². The highest BCUT2D eigenvalue weighted by Crippen LogP contribution is 2.20. The van der Waals surface area contributed by atoms with Crippen molar-refractivity contribution in [3.05, 3.63) is 42.0 Å². The smallest absolute Gasteiger partial charge is 0.342 e. The molecule has 0 aliphatic carbocycles. The minimum Gasteiger partial charge on any atom is -0.507 e. The molecule has 0 fully saturated rings. The van der Waals surface area contributed by atoms with Crippen molar-refractivity contribution in [2.24, 2.45) is 0 Å². The summed E-state index contributed by atoms with van der Waals surface area (Å²) in [6, 6.07) is 4.87. The molecule has 0 saturated carbocycles. The minimum atomic E-state index is -0.527. The van der Waals surface area contributed by atoms with Gasteiger partial charge in [0.2, 0.25) is 0 Å². The number of carbonyl (C=O) groups excluding carboxylic acids is 1. The predicted molar refractivity (Wildman–Crippen MR) is 53.3 cm³/mol. The second-order valence-corrected chi connectivity index (χ2v) is 2.86. The van der Waals surface area contributed by atoms with Gasteiger partial charge in [0, 0.05) is 0 Å². The monoisotopic (exact) mass is 192 g/mol. The van der Waals surface area contributed by atoms with Crippen LogP contribution in [-0.4, -0.2) is 17.7 Å². The zero-order valence-electron chi connectivity index (χ0n) is 7.99. The minimum absolute atomic E-state index is 0.0564. The van der Waals surface area contributed by atoms with Gasteiger partial charge in [-0.2, -0.15) is 0 Å². The summed E-state index contributed by atoms with van der Waals surface area (Å²) in [5, 5.41) is 9.43. The molecule has 0 aromatic heterocycles. The summed E-state index contributed by atoms with van der Waals surface area (Å²) in [4.78, 5) is 11.4. The first kappa shape index (κ1) is 10.3. The van der Waals surface area contributed by atoms with E-state index in [0.29, 0.717) is 5.56 Å². The zero-order valence-corrected chi connectivity index (χ0v) is 7.99. The molecule has 74 valence electrons. The van der Waals surface area contributed by atoms with E-state index in [2.05, 4.69) is 6.58 Å². The highest BCUT2D eigenvalue weighted by atomic mass is 16.5. The van der Waals surface area contributed by atoms with Gasteiger partial charge in [0.15, 0.2) is 0 Å². The predicted octanol–water partition coefficient (Wildman–Crippen LogP) is 2.04. The first-order valence-electron chi connectivity index (χ1n) is 4.23. The molecule has 1 rings (SSSR count). The molecule has 3 nitrogen and oxygen atoms in total. The Morgan fingerprint density at radius 1 is 1.64 bits per heavy atom. The Bertz CT molecular complexity index is 335. The van der Waals surface area contributed by atoms with Crippen LogP contribution < -0.4 is 0 Å². The Morgan fingerprint density at radius 2 is 2.36 bits per heavy atom. The molecule has 0 bridgehead atoms. The standard InChI is InChI=1S/C11H12O3/c1-3-7-14-11(13)10-8(2)5-4-6-9(10)12/h3-6,12H,1,7H2,2H3. The van der Waals surface area contributed by atoms with Crippen LogP contribution in [-0.2, 0) is 4.74 Å². The molecule has 0 radical (unpaired) electrons. The van der Waals surface area contributed by atoms with Gasteiger partial charge in [0.05, 0.1) is 0 Å². The number of phenols is 1. The van der Waals surface area contributed by atoms with Crippen LogP contribution in [0.2, 0.25) is 0 Å². The molecular formula is C11H12O3. The zero-order chi connectivity index (χ0) is 10.6. The number of aromatic hydroxyl groups is 1.